The van der Waals surface area contributed by atoms with Gasteiger partial charge >= 0.3 is 0 Å². The van der Waals surface area contributed by atoms with Crippen LogP contribution in [-0.2, 0) is 16.4 Å². The molecule has 1 fully saturated rings. The number of ether oxygens (including phenoxy) is 2. The summed E-state index contributed by atoms with van der Waals surface area (Å²) in [6.45, 7) is 1.24. The number of methoxy groups -OCH3 is 2. The van der Waals surface area contributed by atoms with Gasteiger partial charge in [0.05, 0.1) is 41.0 Å². The van der Waals surface area contributed by atoms with Gasteiger partial charge in [-0.05, 0) is 67.3 Å². The van der Waals surface area contributed by atoms with Gasteiger partial charge in [0.1, 0.15) is 0 Å². The molecule has 0 saturated carbocycles. The van der Waals surface area contributed by atoms with E-state index in [1.807, 2.05) is 12.1 Å². The maximum atomic E-state index is 13.2. The fourth-order valence-corrected chi connectivity index (χ4v) is 6.10. The Bertz CT molecular complexity index is 1470. The van der Waals surface area contributed by atoms with E-state index in [0.717, 1.165) is 18.4 Å². The van der Waals surface area contributed by atoms with Gasteiger partial charge in [-0.1, -0.05) is 29.8 Å². The van der Waals surface area contributed by atoms with Crippen molar-refractivity contribution in [3.05, 3.63) is 82.4 Å². The van der Waals surface area contributed by atoms with Crippen molar-refractivity contribution in [3.63, 3.8) is 0 Å². The predicted molar refractivity (Wildman–Crippen MR) is 149 cm³/mol. The number of sulfonamides is 1. The molecule has 2 N–H and O–H groups in total. The quantitative estimate of drug-likeness (QED) is 0.374. The largest absolute Gasteiger partial charge is 0.493 e. The molecule has 3 aromatic rings. The van der Waals surface area contributed by atoms with Crippen molar-refractivity contribution >= 4 is 39.1 Å². The number of amides is 2. The molecule has 3 aromatic carbocycles. The third kappa shape index (κ3) is 6.52. The van der Waals surface area contributed by atoms with E-state index in [2.05, 4.69) is 10.6 Å². The first-order chi connectivity index (χ1) is 18.7. The van der Waals surface area contributed by atoms with E-state index in [9.17, 15) is 18.0 Å². The molecule has 1 saturated heterocycles. The third-order valence-electron chi connectivity index (χ3n) is 6.45. The Balaban J connectivity index is 1.46. The van der Waals surface area contributed by atoms with Gasteiger partial charge in [0.15, 0.2) is 11.5 Å². The molecule has 0 spiro atoms. The number of halogens is 1. The van der Waals surface area contributed by atoms with Crippen molar-refractivity contribution in [2.24, 2.45) is 0 Å². The molecular formula is C28H30ClN3O6S. The SMILES string of the molecule is COc1ccc(CCNC(=O)c2ccccc2NC(=O)c2cc(S(=O)(=O)N3CCCC3)ccc2Cl)cc1OC. The third-order valence-corrected chi connectivity index (χ3v) is 8.68. The van der Waals surface area contributed by atoms with E-state index < -0.39 is 15.9 Å². The molecule has 11 heteroatoms. The lowest BCUT2D eigenvalue weighted by molar-refractivity contribution is 0.0955. The summed E-state index contributed by atoms with van der Waals surface area (Å²) in [6, 6.07) is 16.2. The number of benzene rings is 3. The van der Waals surface area contributed by atoms with Crippen LogP contribution in [0.5, 0.6) is 11.5 Å². The van der Waals surface area contributed by atoms with E-state index in [0.29, 0.717) is 37.6 Å². The van der Waals surface area contributed by atoms with E-state index >= 15 is 0 Å². The summed E-state index contributed by atoms with van der Waals surface area (Å²) in [6.07, 6.45) is 2.15. The van der Waals surface area contributed by atoms with Crippen molar-refractivity contribution < 1.29 is 27.5 Å². The van der Waals surface area contributed by atoms with Crippen LogP contribution in [0.2, 0.25) is 5.02 Å². The Morgan fingerprint density at radius 3 is 2.33 bits per heavy atom. The lowest BCUT2D eigenvalue weighted by Crippen LogP contribution is -2.28. The van der Waals surface area contributed by atoms with Gasteiger partial charge in [-0.3, -0.25) is 9.59 Å². The van der Waals surface area contributed by atoms with Crippen LogP contribution in [0.3, 0.4) is 0 Å². The number of carbonyl (C=O) groups is 2. The highest BCUT2D eigenvalue weighted by Crippen LogP contribution is 2.28. The first-order valence-electron chi connectivity index (χ1n) is 12.4. The Morgan fingerprint density at radius 1 is 0.897 bits per heavy atom. The highest BCUT2D eigenvalue weighted by Gasteiger charge is 2.28. The maximum Gasteiger partial charge on any atom is 0.257 e. The number of nitrogens with zero attached hydrogens (tertiary/aromatic N) is 1. The number of nitrogens with one attached hydrogen (secondary N) is 2. The number of hydrogen-bond donors (Lipinski definition) is 2. The van der Waals surface area contributed by atoms with Crippen LogP contribution in [0.1, 0.15) is 39.1 Å². The van der Waals surface area contributed by atoms with E-state index in [1.54, 1.807) is 44.6 Å². The minimum atomic E-state index is -3.73. The highest BCUT2D eigenvalue weighted by molar-refractivity contribution is 7.89. The number of carbonyl (C=O) groups excluding carboxylic acids is 2. The van der Waals surface area contributed by atoms with Crippen molar-refractivity contribution in [2.75, 3.05) is 39.2 Å². The van der Waals surface area contributed by atoms with Gasteiger partial charge in [-0.2, -0.15) is 4.31 Å². The van der Waals surface area contributed by atoms with Crippen molar-refractivity contribution in [2.45, 2.75) is 24.2 Å². The average molecular weight is 572 g/mol. The molecule has 1 aliphatic heterocycles. The molecule has 0 atom stereocenters. The van der Waals surface area contributed by atoms with Crippen LogP contribution in [0, 0.1) is 0 Å². The summed E-state index contributed by atoms with van der Waals surface area (Å²) in [4.78, 5) is 26.1. The molecular weight excluding hydrogens is 542 g/mol. The van der Waals surface area contributed by atoms with Gasteiger partial charge in [-0.15, -0.1) is 0 Å². The summed E-state index contributed by atoms with van der Waals surface area (Å²) in [5.41, 5.74) is 1.48. The van der Waals surface area contributed by atoms with E-state index in [-0.39, 0.29) is 32.6 Å². The number of para-hydroxylation sites is 1. The zero-order chi connectivity index (χ0) is 28.0. The van der Waals surface area contributed by atoms with Gasteiger partial charge in [0, 0.05) is 19.6 Å². The molecule has 206 valence electrons. The number of anilines is 1. The zero-order valence-electron chi connectivity index (χ0n) is 21.7. The van der Waals surface area contributed by atoms with E-state index in [4.69, 9.17) is 21.1 Å². The summed E-state index contributed by atoms with van der Waals surface area (Å²) in [7, 11) is -0.607. The maximum absolute atomic E-state index is 13.2. The Hall–Kier alpha value is -3.60. The molecule has 39 heavy (non-hydrogen) atoms. The average Bonchev–Trinajstić information content (AvgIpc) is 3.49. The topological polar surface area (TPSA) is 114 Å². The smallest absolute Gasteiger partial charge is 0.257 e. The number of rotatable bonds is 10. The minimum Gasteiger partial charge on any atom is -0.493 e. The fourth-order valence-electron chi connectivity index (χ4n) is 4.35. The van der Waals surface area contributed by atoms with Crippen LogP contribution in [-0.4, -0.2) is 58.4 Å². The van der Waals surface area contributed by atoms with Crippen LogP contribution in [0.25, 0.3) is 0 Å². The van der Waals surface area contributed by atoms with Crippen molar-refractivity contribution in [1.82, 2.24) is 9.62 Å². The first kappa shape index (κ1) is 28.4. The van der Waals surface area contributed by atoms with Crippen LogP contribution >= 0.6 is 11.6 Å². The molecule has 0 unspecified atom stereocenters. The Labute approximate surface area is 233 Å². The summed E-state index contributed by atoms with van der Waals surface area (Å²) >= 11 is 6.27. The van der Waals surface area contributed by atoms with Gasteiger partial charge < -0.3 is 20.1 Å². The monoisotopic (exact) mass is 571 g/mol. The summed E-state index contributed by atoms with van der Waals surface area (Å²) < 4.78 is 37.9. The second-order valence-corrected chi connectivity index (χ2v) is 11.3. The molecule has 4 rings (SSSR count). The molecule has 9 nitrogen and oxygen atoms in total. The Morgan fingerprint density at radius 2 is 1.62 bits per heavy atom. The predicted octanol–water partition coefficient (Wildman–Crippen LogP) is 4.37. The second-order valence-electron chi connectivity index (χ2n) is 8.95. The lowest BCUT2D eigenvalue weighted by atomic mass is 10.1. The first-order valence-corrected chi connectivity index (χ1v) is 14.3. The lowest BCUT2D eigenvalue weighted by Gasteiger charge is -2.17. The van der Waals surface area contributed by atoms with Crippen LogP contribution in [0.4, 0.5) is 5.69 Å². The zero-order valence-corrected chi connectivity index (χ0v) is 23.3. The van der Waals surface area contributed by atoms with Gasteiger partial charge in [0.25, 0.3) is 11.8 Å². The van der Waals surface area contributed by atoms with Crippen molar-refractivity contribution in [1.29, 1.82) is 0 Å². The second kappa shape index (κ2) is 12.5. The molecule has 0 aliphatic carbocycles. The summed E-state index contributed by atoms with van der Waals surface area (Å²) in [5, 5.41) is 5.68. The molecule has 0 radical (unpaired) electrons. The number of hydrogen-bond acceptors (Lipinski definition) is 6. The normalized spacial score (nSPS) is 13.6. The highest BCUT2D eigenvalue weighted by atomic mass is 35.5. The standard InChI is InChI=1S/C28H30ClN3O6S/c1-37-25-12-9-19(17-26(25)38-2)13-14-30-27(33)21-7-3-4-8-24(21)31-28(34)22-18-20(10-11-23(22)29)39(35,36)32-15-5-6-16-32/h3-4,7-12,17-18H,5-6,13-16H2,1-2H3,(H,30,33)(H,31,34). The van der Waals surface area contributed by atoms with E-state index in [1.165, 1.54) is 22.5 Å². The molecule has 2 amide bonds. The minimum absolute atomic E-state index is 0.000130. The Kier molecular flexibility index (Phi) is 9.11. The van der Waals surface area contributed by atoms with Gasteiger partial charge in [-0.25, -0.2) is 8.42 Å². The molecule has 0 bridgehead atoms. The molecule has 1 heterocycles. The molecule has 0 aromatic heterocycles. The molecule has 1 aliphatic rings. The fraction of sp³-hybridized carbons (Fsp3) is 0.286. The van der Waals surface area contributed by atoms with Crippen LogP contribution < -0.4 is 20.1 Å². The summed E-state index contributed by atoms with van der Waals surface area (Å²) in [5.74, 6) is 0.228. The van der Waals surface area contributed by atoms with Crippen molar-refractivity contribution in [3.8, 4) is 11.5 Å². The van der Waals surface area contributed by atoms with Crippen LogP contribution in [0.15, 0.2) is 65.6 Å². The van der Waals surface area contributed by atoms with Gasteiger partial charge in [0.2, 0.25) is 10.0 Å².